The number of furan rings is 1. The molecule has 0 bridgehead atoms. The predicted octanol–water partition coefficient (Wildman–Crippen LogP) is 3.68. The minimum absolute atomic E-state index is 0.168. The van der Waals surface area contributed by atoms with E-state index in [0.717, 1.165) is 30.4 Å². The molecule has 0 saturated carbocycles. The third-order valence-corrected chi connectivity index (χ3v) is 4.72. The summed E-state index contributed by atoms with van der Waals surface area (Å²) in [4.78, 5) is 27.4. The quantitative estimate of drug-likeness (QED) is 0.854. The number of carbonyl (C=O) groups is 2. The van der Waals surface area contributed by atoms with Crippen LogP contribution in [-0.4, -0.2) is 29.8 Å². The van der Waals surface area contributed by atoms with Crippen LogP contribution in [0.1, 0.15) is 46.5 Å². The monoisotopic (exact) mass is 352 g/mol. The molecule has 3 rings (SSSR count). The molecule has 0 radical (unpaired) electrons. The van der Waals surface area contributed by atoms with E-state index < -0.39 is 0 Å². The van der Waals surface area contributed by atoms with Gasteiger partial charge in [0.2, 0.25) is 0 Å². The van der Waals surface area contributed by atoms with Crippen molar-refractivity contribution < 1.29 is 14.0 Å². The zero-order valence-electron chi connectivity index (χ0n) is 15.2. The summed E-state index contributed by atoms with van der Waals surface area (Å²) in [5.41, 5.74) is 2.93. The smallest absolute Gasteiger partial charge is 0.270 e. The van der Waals surface area contributed by atoms with Crippen LogP contribution in [0.25, 0.3) is 6.08 Å². The van der Waals surface area contributed by atoms with Crippen molar-refractivity contribution in [2.75, 3.05) is 13.1 Å². The minimum Gasteiger partial charge on any atom is -0.465 e. The lowest BCUT2D eigenvalue weighted by molar-refractivity contribution is -0.128. The fraction of sp³-hybridized carbons (Fsp3) is 0.333. The highest BCUT2D eigenvalue weighted by Gasteiger charge is 2.22. The van der Waals surface area contributed by atoms with E-state index in [-0.39, 0.29) is 17.5 Å². The number of carbonyl (C=O) groups excluding carboxylic acids is 2. The van der Waals surface area contributed by atoms with Gasteiger partial charge in [-0.15, -0.1) is 0 Å². The van der Waals surface area contributed by atoms with E-state index in [1.807, 2.05) is 26.0 Å². The third kappa shape index (κ3) is 4.23. The number of rotatable bonds is 4. The molecule has 1 N–H and O–H groups in total. The molecular formula is C21H24N2O3. The zero-order chi connectivity index (χ0) is 18.5. The first-order chi connectivity index (χ1) is 12.5. The maximum Gasteiger partial charge on any atom is 0.270 e. The molecule has 2 aromatic rings. The molecule has 0 atom stereocenters. The Hall–Kier alpha value is -2.82. The van der Waals surface area contributed by atoms with Gasteiger partial charge in [-0.2, -0.15) is 0 Å². The summed E-state index contributed by atoms with van der Waals surface area (Å²) in [5, 5.41) is 2.79. The van der Waals surface area contributed by atoms with E-state index in [9.17, 15) is 9.59 Å². The number of piperidine rings is 1. The summed E-state index contributed by atoms with van der Waals surface area (Å²) < 4.78 is 5.33. The number of likely N-dealkylation sites (tertiary alicyclic amines) is 1. The summed E-state index contributed by atoms with van der Waals surface area (Å²) in [6.07, 6.45) is 6.25. The van der Waals surface area contributed by atoms with Crippen molar-refractivity contribution in [3.8, 4) is 0 Å². The Morgan fingerprint density at radius 1 is 1.08 bits per heavy atom. The average molecular weight is 352 g/mol. The topological polar surface area (TPSA) is 62.6 Å². The highest BCUT2D eigenvalue weighted by Crippen LogP contribution is 2.15. The van der Waals surface area contributed by atoms with E-state index in [1.165, 1.54) is 0 Å². The van der Waals surface area contributed by atoms with Crippen LogP contribution in [0, 0.1) is 13.8 Å². The molecule has 0 unspecified atom stereocenters. The van der Waals surface area contributed by atoms with Crippen molar-refractivity contribution in [2.45, 2.75) is 33.1 Å². The van der Waals surface area contributed by atoms with E-state index in [1.54, 1.807) is 35.4 Å². The number of nitrogens with zero attached hydrogens (tertiary/aromatic N) is 1. The first kappa shape index (κ1) is 18.0. The fourth-order valence-electron chi connectivity index (χ4n) is 3.01. The summed E-state index contributed by atoms with van der Waals surface area (Å²) in [6, 6.07) is 9.02. The fourth-order valence-corrected chi connectivity index (χ4v) is 3.01. The maximum absolute atomic E-state index is 12.9. The summed E-state index contributed by atoms with van der Waals surface area (Å²) >= 11 is 0. The van der Waals surface area contributed by atoms with Crippen LogP contribution < -0.4 is 5.32 Å². The second kappa shape index (κ2) is 8.04. The molecule has 2 amide bonds. The van der Waals surface area contributed by atoms with Crippen LogP contribution in [0.3, 0.4) is 0 Å². The van der Waals surface area contributed by atoms with Gasteiger partial charge < -0.3 is 14.6 Å². The van der Waals surface area contributed by atoms with E-state index >= 15 is 0 Å². The van der Waals surface area contributed by atoms with E-state index in [4.69, 9.17) is 4.42 Å². The molecule has 2 heterocycles. The molecular weight excluding hydrogens is 328 g/mol. The lowest BCUT2D eigenvalue weighted by Gasteiger charge is -2.27. The Morgan fingerprint density at radius 3 is 2.50 bits per heavy atom. The van der Waals surface area contributed by atoms with Gasteiger partial charge in [0, 0.05) is 24.7 Å². The lowest BCUT2D eigenvalue weighted by Crippen LogP contribution is -2.41. The van der Waals surface area contributed by atoms with Gasteiger partial charge >= 0.3 is 0 Å². The van der Waals surface area contributed by atoms with Gasteiger partial charge in [0.25, 0.3) is 11.8 Å². The first-order valence-electron chi connectivity index (χ1n) is 8.97. The van der Waals surface area contributed by atoms with Gasteiger partial charge in [-0.25, -0.2) is 0 Å². The van der Waals surface area contributed by atoms with Crippen molar-refractivity contribution in [3.05, 3.63) is 64.7 Å². The number of nitrogens with one attached hydrogen (secondary N) is 1. The van der Waals surface area contributed by atoms with Crippen molar-refractivity contribution in [1.29, 1.82) is 0 Å². The van der Waals surface area contributed by atoms with Crippen LogP contribution in [-0.2, 0) is 4.79 Å². The molecule has 1 fully saturated rings. The number of hydrogen-bond acceptors (Lipinski definition) is 3. The Bertz CT molecular complexity index is 816. The van der Waals surface area contributed by atoms with Crippen LogP contribution in [0.5, 0.6) is 0 Å². The molecule has 0 spiro atoms. The number of benzene rings is 1. The Balaban J connectivity index is 1.84. The maximum atomic E-state index is 12.9. The van der Waals surface area contributed by atoms with E-state index in [2.05, 4.69) is 5.32 Å². The Morgan fingerprint density at radius 2 is 1.85 bits per heavy atom. The highest BCUT2D eigenvalue weighted by molar-refractivity contribution is 6.05. The van der Waals surface area contributed by atoms with Crippen molar-refractivity contribution in [2.24, 2.45) is 0 Å². The number of hydrogen-bond donors (Lipinski definition) is 1. The van der Waals surface area contributed by atoms with Gasteiger partial charge in [-0.05, 0) is 68.5 Å². The zero-order valence-corrected chi connectivity index (χ0v) is 15.2. The Kier molecular flexibility index (Phi) is 5.56. The second-order valence-corrected chi connectivity index (χ2v) is 6.68. The average Bonchev–Trinajstić information content (AvgIpc) is 3.16. The third-order valence-electron chi connectivity index (χ3n) is 4.72. The molecule has 5 heteroatoms. The van der Waals surface area contributed by atoms with Gasteiger partial charge in [-0.1, -0.05) is 6.07 Å². The predicted molar refractivity (Wildman–Crippen MR) is 100 cm³/mol. The van der Waals surface area contributed by atoms with Crippen LogP contribution >= 0.6 is 0 Å². The normalized spacial score (nSPS) is 15.0. The first-order valence-corrected chi connectivity index (χ1v) is 8.97. The van der Waals surface area contributed by atoms with Crippen LogP contribution in [0.4, 0.5) is 0 Å². The van der Waals surface area contributed by atoms with E-state index in [0.29, 0.717) is 24.4 Å². The highest BCUT2D eigenvalue weighted by atomic mass is 16.3. The molecule has 1 aliphatic heterocycles. The standard InChI is InChI=1S/C21H24N2O3/c1-15-8-9-17(13-16(15)2)20(24)22-19(14-18-7-6-12-26-18)21(25)23-10-4-3-5-11-23/h6-9,12-14H,3-5,10-11H2,1-2H3,(H,22,24). The number of aryl methyl sites for hydroxylation is 2. The van der Waals surface area contributed by atoms with Crippen LogP contribution in [0.2, 0.25) is 0 Å². The second-order valence-electron chi connectivity index (χ2n) is 6.68. The van der Waals surface area contributed by atoms with Crippen molar-refractivity contribution >= 4 is 17.9 Å². The van der Waals surface area contributed by atoms with Gasteiger partial charge in [0.15, 0.2) is 0 Å². The Labute approximate surface area is 153 Å². The molecule has 26 heavy (non-hydrogen) atoms. The molecule has 136 valence electrons. The minimum atomic E-state index is -0.295. The summed E-state index contributed by atoms with van der Waals surface area (Å²) in [6.45, 7) is 5.39. The molecule has 0 aliphatic carbocycles. The number of amides is 2. The van der Waals surface area contributed by atoms with Crippen LogP contribution in [0.15, 0.2) is 46.7 Å². The van der Waals surface area contributed by atoms with Gasteiger partial charge in [0.05, 0.1) is 6.26 Å². The molecule has 1 aromatic heterocycles. The molecule has 1 saturated heterocycles. The molecule has 1 aliphatic rings. The summed E-state index contributed by atoms with van der Waals surface area (Å²) in [5.74, 6) is 0.0697. The summed E-state index contributed by atoms with van der Waals surface area (Å²) in [7, 11) is 0. The molecule has 1 aromatic carbocycles. The van der Waals surface area contributed by atoms with Crippen molar-refractivity contribution in [1.82, 2.24) is 10.2 Å². The largest absolute Gasteiger partial charge is 0.465 e. The van der Waals surface area contributed by atoms with Gasteiger partial charge in [-0.3, -0.25) is 9.59 Å². The van der Waals surface area contributed by atoms with Gasteiger partial charge in [0.1, 0.15) is 11.5 Å². The lowest BCUT2D eigenvalue weighted by atomic mass is 10.1. The SMILES string of the molecule is Cc1ccc(C(=O)NC(=Cc2ccco2)C(=O)N2CCCCC2)cc1C. The van der Waals surface area contributed by atoms with Crippen molar-refractivity contribution in [3.63, 3.8) is 0 Å². The molecule has 5 nitrogen and oxygen atoms in total.